The zero-order valence-electron chi connectivity index (χ0n) is 15.7. The summed E-state index contributed by atoms with van der Waals surface area (Å²) in [5.41, 5.74) is 0. The van der Waals surface area contributed by atoms with Crippen molar-refractivity contribution in [3.63, 3.8) is 0 Å². The lowest BCUT2D eigenvalue weighted by Crippen LogP contribution is -2.40. The number of thiophene rings is 1. The second kappa shape index (κ2) is 7.68. The second-order valence-electron chi connectivity index (χ2n) is 6.97. The lowest BCUT2D eigenvalue weighted by Gasteiger charge is -2.32. The predicted octanol–water partition coefficient (Wildman–Crippen LogP) is 3.69. The van der Waals surface area contributed by atoms with Crippen LogP contribution in [-0.4, -0.2) is 29.0 Å². The van der Waals surface area contributed by atoms with E-state index in [1.54, 1.807) is 17.7 Å². The highest BCUT2D eigenvalue weighted by Crippen LogP contribution is 2.32. The zero-order chi connectivity index (χ0) is 18.8. The Labute approximate surface area is 162 Å². The fourth-order valence-electron chi connectivity index (χ4n) is 3.57. The van der Waals surface area contributed by atoms with E-state index in [1.807, 2.05) is 19.1 Å². The number of anilines is 1. The van der Waals surface area contributed by atoms with Crippen molar-refractivity contribution in [3.05, 3.63) is 40.9 Å². The number of fused-ring (bicyclic) bond motifs is 1. The molecule has 142 valence electrons. The highest BCUT2D eigenvalue weighted by Gasteiger charge is 2.26. The quantitative estimate of drug-likeness (QED) is 0.726. The van der Waals surface area contributed by atoms with Crippen molar-refractivity contribution in [3.8, 4) is 0 Å². The Balaban J connectivity index is 1.37. The molecule has 0 aromatic carbocycles. The van der Waals surface area contributed by atoms with E-state index in [1.165, 1.54) is 4.88 Å². The summed E-state index contributed by atoms with van der Waals surface area (Å²) in [5, 5.41) is 4.14. The minimum Gasteiger partial charge on any atom is -0.465 e. The maximum atomic E-state index is 12.5. The van der Waals surface area contributed by atoms with Crippen LogP contribution in [-0.2, 0) is 17.8 Å². The average molecular weight is 385 g/mol. The maximum Gasteiger partial charge on any atom is 0.223 e. The van der Waals surface area contributed by atoms with Crippen molar-refractivity contribution in [2.75, 3.05) is 18.0 Å². The van der Waals surface area contributed by atoms with Gasteiger partial charge < -0.3 is 14.6 Å². The molecule has 0 atom stereocenters. The van der Waals surface area contributed by atoms with Gasteiger partial charge in [0, 0.05) is 23.9 Å². The number of hydrogen-bond acceptors (Lipinski definition) is 6. The normalized spacial score (nSPS) is 15.4. The molecule has 0 bridgehead atoms. The van der Waals surface area contributed by atoms with Crippen LogP contribution in [0.15, 0.2) is 28.9 Å². The third-order valence-electron chi connectivity index (χ3n) is 5.11. The number of aromatic nitrogens is 2. The smallest absolute Gasteiger partial charge is 0.223 e. The molecule has 1 aliphatic rings. The van der Waals surface area contributed by atoms with Gasteiger partial charge in [-0.1, -0.05) is 6.92 Å². The number of carbonyl (C=O) groups excluding carboxylic acids is 1. The molecule has 27 heavy (non-hydrogen) atoms. The molecule has 3 aromatic heterocycles. The summed E-state index contributed by atoms with van der Waals surface area (Å²) in [5.74, 6) is 2.82. The van der Waals surface area contributed by atoms with Crippen molar-refractivity contribution in [2.45, 2.75) is 39.7 Å². The van der Waals surface area contributed by atoms with Gasteiger partial charge in [0.2, 0.25) is 5.91 Å². The molecule has 0 saturated carbocycles. The van der Waals surface area contributed by atoms with Gasteiger partial charge in [0.05, 0.1) is 11.9 Å². The Kier molecular flexibility index (Phi) is 5.11. The Morgan fingerprint density at radius 2 is 2.15 bits per heavy atom. The summed E-state index contributed by atoms with van der Waals surface area (Å²) < 4.78 is 5.51. The molecule has 1 N–H and O–H groups in total. The maximum absolute atomic E-state index is 12.5. The monoisotopic (exact) mass is 384 g/mol. The summed E-state index contributed by atoms with van der Waals surface area (Å²) in [6.45, 7) is 6.19. The molecule has 0 aliphatic carbocycles. The number of hydrogen-bond donors (Lipinski definition) is 1. The summed E-state index contributed by atoms with van der Waals surface area (Å²) in [6, 6.07) is 6.03. The van der Waals surface area contributed by atoms with Crippen LogP contribution in [0.4, 0.5) is 5.82 Å². The zero-order valence-corrected chi connectivity index (χ0v) is 16.5. The fraction of sp³-hybridized carbons (Fsp3) is 0.450. The van der Waals surface area contributed by atoms with Crippen LogP contribution in [0.1, 0.15) is 36.2 Å². The van der Waals surface area contributed by atoms with E-state index < -0.39 is 0 Å². The third-order valence-corrected chi connectivity index (χ3v) is 6.29. The van der Waals surface area contributed by atoms with Crippen molar-refractivity contribution < 1.29 is 9.21 Å². The third kappa shape index (κ3) is 3.83. The molecule has 6 nitrogen and oxygen atoms in total. The Morgan fingerprint density at radius 3 is 2.85 bits per heavy atom. The first-order valence-electron chi connectivity index (χ1n) is 9.45. The molecule has 3 aromatic rings. The highest BCUT2D eigenvalue weighted by atomic mass is 32.1. The van der Waals surface area contributed by atoms with E-state index in [0.29, 0.717) is 6.54 Å². The van der Waals surface area contributed by atoms with Gasteiger partial charge in [0.1, 0.15) is 28.5 Å². The molecule has 4 rings (SSSR count). The fourth-order valence-corrected chi connectivity index (χ4v) is 4.50. The van der Waals surface area contributed by atoms with Crippen LogP contribution in [0.5, 0.6) is 0 Å². The van der Waals surface area contributed by atoms with Gasteiger partial charge in [-0.15, -0.1) is 11.3 Å². The van der Waals surface area contributed by atoms with Crippen LogP contribution >= 0.6 is 11.3 Å². The minimum atomic E-state index is 0.0447. The molecular formula is C20H24N4O2S. The average Bonchev–Trinajstić information content (AvgIpc) is 3.31. The van der Waals surface area contributed by atoms with Crippen LogP contribution < -0.4 is 10.2 Å². The molecule has 4 heterocycles. The Bertz CT molecular complexity index is 941. The van der Waals surface area contributed by atoms with Gasteiger partial charge in [0.25, 0.3) is 0 Å². The van der Waals surface area contributed by atoms with Crippen molar-refractivity contribution in [1.29, 1.82) is 0 Å². The van der Waals surface area contributed by atoms with Crippen LogP contribution in [0, 0.1) is 12.8 Å². The van der Waals surface area contributed by atoms with Crippen LogP contribution in [0.25, 0.3) is 10.2 Å². The van der Waals surface area contributed by atoms with E-state index in [9.17, 15) is 4.79 Å². The highest BCUT2D eigenvalue weighted by molar-refractivity contribution is 7.18. The SMILES string of the molecule is CCc1cc2c(N3CCC(C(=O)NCc4ccc(C)o4)CC3)ncnc2s1. The summed E-state index contributed by atoms with van der Waals surface area (Å²) in [6.07, 6.45) is 4.33. The van der Waals surface area contributed by atoms with Gasteiger partial charge >= 0.3 is 0 Å². The number of furan rings is 1. The van der Waals surface area contributed by atoms with Crippen molar-refractivity contribution >= 4 is 33.3 Å². The molecule has 7 heteroatoms. The first kappa shape index (κ1) is 18.0. The number of nitrogens with one attached hydrogen (secondary N) is 1. The molecule has 1 amide bonds. The van der Waals surface area contributed by atoms with Gasteiger partial charge in [-0.2, -0.15) is 0 Å². The van der Waals surface area contributed by atoms with Gasteiger partial charge in [0.15, 0.2) is 0 Å². The molecule has 0 radical (unpaired) electrons. The molecule has 1 aliphatic heterocycles. The number of aryl methyl sites for hydroxylation is 2. The summed E-state index contributed by atoms with van der Waals surface area (Å²) in [7, 11) is 0. The first-order valence-corrected chi connectivity index (χ1v) is 10.3. The van der Waals surface area contributed by atoms with Gasteiger partial charge in [-0.25, -0.2) is 9.97 Å². The van der Waals surface area contributed by atoms with E-state index in [0.717, 1.165) is 59.9 Å². The molecular weight excluding hydrogens is 360 g/mol. The number of carbonyl (C=O) groups is 1. The number of amides is 1. The number of rotatable bonds is 5. The Hall–Kier alpha value is -2.41. The van der Waals surface area contributed by atoms with E-state index >= 15 is 0 Å². The standard InChI is InChI=1S/C20H24N4O2S/c1-3-16-10-17-18(22-12-23-20(17)27-16)24-8-6-14(7-9-24)19(25)21-11-15-5-4-13(2)26-15/h4-5,10,12,14H,3,6-9,11H2,1-2H3,(H,21,25). The largest absolute Gasteiger partial charge is 0.465 e. The summed E-state index contributed by atoms with van der Waals surface area (Å²) >= 11 is 1.74. The van der Waals surface area contributed by atoms with Crippen molar-refractivity contribution in [2.24, 2.45) is 5.92 Å². The summed E-state index contributed by atoms with van der Waals surface area (Å²) in [4.78, 5) is 26.1. The first-order chi connectivity index (χ1) is 13.1. The van der Waals surface area contributed by atoms with E-state index in [-0.39, 0.29) is 11.8 Å². The second-order valence-corrected chi connectivity index (χ2v) is 8.09. The molecule has 0 unspecified atom stereocenters. The molecule has 1 fully saturated rings. The number of nitrogens with zero attached hydrogens (tertiary/aromatic N) is 3. The van der Waals surface area contributed by atoms with E-state index in [2.05, 4.69) is 33.2 Å². The van der Waals surface area contributed by atoms with Crippen molar-refractivity contribution in [1.82, 2.24) is 15.3 Å². The minimum absolute atomic E-state index is 0.0447. The van der Waals surface area contributed by atoms with Crippen LogP contribution in [0.3, 0.4) is 0 Å². The van der Waals surface area contributed by atoms with Gasteiger partial charge in [-0.05, 0) is 44.4 Å². The lowest BCUT2D eigenvalue weighted by molar-refractivity contribution is -0.125. The predicted molar refractivity (Wildman–Crippen MR) is 107 cm³/mol. The van der Waals surface area contributed by atoms with Crippen LogP contribution in [0.2, 0.25) is 0 Å². The number of piperidine rings is 1. The van der Waals surface area contributed by atoms with E-state index in [4.69, 9.17) is 4.42 Å². The molecule has 1 saturated heterocycles. The Morgan fingerprint density at radius 1 is 1.33 bits per heavy atom. The lowest BCUT2D eigenvalue weighted by atomic mass is 9.95. The molecule has 0 spiro atoms. The van der Waals surface area contributed by atoms with Gasteiger partial charge in [-0.3, -0.25) is 4.79 Å². The topological polar surface area (TPSA) is 71.3 Å².